The molecule has 0 aliphatic carbocycles. The van der Waals surface area contributed by atoms with Gasteiger partial charge >= 0.3 is 6.03 Å². The smallest absolute Gasteiger partial charge is 0.320 e. The maximum absolute atomic E-state index is 12.3. The van der Waals surface area contributed by atoms with Gasteiger partial charge in [0.1, 0.15) is 11.9 Å². The van der Waals surface area contributed by atoms with Crippen molar-refractivity contribution in [1.29, 1.82) is 0 Å². The molecule has 0 radical (unpaired) electrons. The summed E-state index contributed by atoms with van der Waals surface area (Å²) in [6.07, 6.45) is 4.36. The van der Waals surface area contributed by atoms with Gasteiger partial charge in [0.15, 0.2) is 0 Å². The molecule has 2 amide bonds. The van der Waals surface area contributed by atoms with Gasteiger partial charge in [-0.3, -0.25) is 4.98 Å². The van der Waals surface area contributed by atoms with Gasteiger partial charge in [0, 0.05) is 38.4 Å². The van der Waals surface area contributed by atoms with Gasteiger partial charge in [0.2, 0.25) is 0 Å². The molecule has 0 N–H and O–H groups in total. The number of pyridine rings is 1. The van der Waals surface area contributed by atoms with Gasteiger partial charge in [-0.2, -0.15) is 0 Å². The maximum atomic E-state index is 12.3. The number of aromatic nitrogens is 1. The van der Waals surface area contributed by atoms with Crippen LogP contribution in [-0.2, 0) is 4.74 Å². The van der Waals surface area contributed by atoms with E-state index in [2.05, 4.69) is 4.98 Å². The van der Waals surface area contributed by atoms with Crippen molar-refractivity contribution in [3.05, 3.63) is 24.5 Å². The van der Waals surface area contributed by atoms with Crippen molar-refractivity contribution in [2.24, 2.45) is 0 Å². The number of ether oxygens (including phenoxy) is 2. The molecule has 1 atom stereocenters. The number of likely N-dealkylation sites (tertiary alicyclic amines) is 1. The first-order valence-electron chi connectivity index (χ1n) is 7.01. The number of urea groups is 1. The number of morpholine rings is 1. The summed E-state index contributed by atoms with van der Waals surface area (Å²) >= 11 is 0. The molecule has 1 aromatic rings. The molecule has 6 heteroatoms. The Balaban J connectivity index is 1.52. The average molecular weight is 277 g/mol. The highest BCUT2D eigenvalue weighted by molar-refractivity contribution is 5.75. The normalized spacial score (nSPS) is 22.9. The zero-order chi connectivity index (χ0) is 13.8. The van der Waals surface area contributed by atoms with Crippen LogP contribution in [0.5, 0.6) is 5.75 Å². The number of rotatable bonds is 2. The highest BCUT2D eigenvalue weighted by Crippen LogP contribution is 2.18. The lowest BCUT2D eigenvalue weighted by atomic mass is 10.3. The summed E-state index contributed by atoms with van der Waals surface area (Å²) in [5, 5.41) is 0. The van der Waals surface area contributed by atoms with Crippen molar-refractivity contribution < 1.29 is 14.3 Å². The average Bonchev–Trinajstić information content (AvgIpc) is 2.97. The van der Waals surface area contributed by atoms with Crippen molar-refractivity contribution in [3.8, 4) is 5.75 Å². The lowest BCUT2D eigenvalue weighted by Gasteiger charge is -2.30. The van der Waals surface area contributed by atoms with Crippen LogP contribution in [0.25, 0.3) is 0 Å². The molecule has 0 spiro atoms. The highest BCUT2D eigenvalue weighted by atomic mass is 16.5. The van der Waals surface area contributed by atoms with Gasteiger partial charge in [-0.15, -0.1) is 0 Å². The van der Waals surface area contributed by atoms with Crippen LogP contribution in [0.15, 0.2) is 24.5 Å². The Morgan fingerprint density at radius 2 is 1.95 bits per heavy atom. The number of carbonyl (C=O) groups excluding carboxylic acids is 1. The number of hydrogen-bond acceptors (Lipinski definition) is 4. The van der Waals surface area contributed by atoms with Crippen LogP contribution in [0.1, 0.15) is 6.42 Å². The summed E-state index contributed by atoms with van der Waals surface area (Å²) in [5.74, 6) is 0.811. The third-order valence-electron chi connectivity index (χ3n) is 3.65. The molecule has 6 nitrogen and oxygen atoms in total. The fourth-order valence-electron chi connectivity index (χ4n) is 2.56. The minimum Gasteiger partial charge on any atom is -0.488 e. The Hall–Kier alpha value is -1.82. The molecule has 108 valence electrons. The fourth-order valence-corrected chi connectivity index (χ4v) is 2.56. The molecule has 2 saturated heterocycles. The maximum Gasteiger partial charge on any atom is 0.320 e. The van der Waals surface area contributed by atoms with Crippen LogP contribution in [0.2, 0.25) is 0 Å². The summed E-state index contributed by atoms with van der Waals surface area (Å²) in [7, 11) is 0. The summed E-state index contributed by atoms with van der Waals surface area (Å²) in [5.41, 5.74) is 0. The van der Waals surface area contributed by atoms with Crippen LogP contribution in [0.4, 0.5) is 4.79 Å². The predicted octanol–water partition coefficient (Wildman–Crippen LogP) is 0.987. The van der Waals surface area contributed by atoms with Gasteiger partial charge < -0.3 is 19.3 Å². The van der Waals surface area contributed by atoms with E-state index < -0.39 is 0 Å². The van der Waals surface area contributed by atoms with E-state index in [1.54, 1.807) is 12.4 Å². The molecule has 2 fully saturated rings. The van der Waals surface area contributed by atoms with Crippen molar-refractivity contribution in [1.82, 2.24) is 14.8 Å². The molecule has 1 aromatic heterocycles. The van der Waals surface area contributed by atoms with Gasteiger partial charge in [-0.05, 0) is 12.1 Å². The Morgan fingerprint density at radius 3 is 2.70 bits per heavy atom. The molecule has 0 saturated carbocycles. The lowest BCUT2D eigenvalue weighted by molar-refractivity contribution is 0.0443. The number of carbonyl (C=O) groups is 1. The SMILES string of the molecule is O=C(N1CCOCC1)N1CC[C@@H](Oc2ccncc2)C1. The molecule has 0 aromatic carbocycles. The summed E-state index contributed by atoms with van der Waals surface area (Å²) in [6, 6.07) is 3.79. The van der Waals surface area contributed by atoms with E-state index in [1.165, 1.54) is 0 Å². The molecular formula is C14H19N3O3. The van der Waals surface area contributed by atoms with E-state index in [0.717, 1.165) is 18.7 Å². The minimum absolute atomic E-state index is 0.0717. The first-order valence-corrected chi connectivity index (χ1v) is 7.01. The number of hydrogen-bond donors (Lipinski definition) is 0. The van der Waals surface area contributed by atoms with Gasteiger partial charge in [0.25, 0.3) is 0 Å². The Labute approximate surface area is 118 Å². The van der Waals surface area contributed by atoms with E-state index in [-0.39, 0.29) is 12.1 Å². The molecule has 3 rings (SSSR count). The molecule has 3 heterocycles. The van der Waals surface area contributed by atoms with Crippen LogP contribution < -0.4 is 4.74 Å². The second-order valence-corrected chi connectivity index (χ2v) is 5.04. The summed E-state index contributed by atoms with van der Waals surface area (Å²) in [6.45, 7) is 4.05. The minimum atomic E-state index is 0.0717. The summed E-state index contributed by atoms with van der Waals surface area (Å²) in [4.78, 5) is 20.0. The van der Waals surface area contributed by atoms with Gasteiger partial charge in [0.05, 0.1) is 19.8 Å². The molecule has 0 unspecified atom stereocenters. The van der Waals surface area contributed by atoms with Crippen molar-refractivity contribution in [3.63, 3.8) is 0 Å². The van der Waals surface area contributed by atoms with Crippen molar-refractivity contribution >= 4 is 6.03 Å². The van der Waals surface area contributed by atoms with Crippen molar-refractivity contribution in [2.45, 2.75) is 12.5 Å². The van der Waals surface area contributed by atoms with Crippen molar-refractivity contribution in [2.75, 3.05) is 39.4 Å². The zero-order valence-electron chi connectivity index (χ0n) is 11.4. The summed E-state index contributed by atoms with van der Waals surface area (Å²) < 4.78 is 11.1. The first kappa shape index (κ1) is 13.2. The molecule has 2 aliphatic heterocycles. The predicted molar refractivity (Wildman–Crippen MR) is 72.6 cm³/mol. The topological polar surface area (TPSA) is 54.9 Å². The third-order valence-corrected chi connectivity index (χ3v) is 3.65. The fraction of sp³-hybridized carbons (Fsp3) is 0.571. The molecule has 20 heavy (non-hydrogen) atoms. The van der Waals surface area contributed by atoms with Gasteiger partial charge in [-0.25, -0.2) is 4.79 Å². The third kappa shape index (κ3) is 3.01. The quantitative estimate of drug-likeness (QED) is 0.809. The van der Waals surface area contributed by atoms with E-state index >= 15 is 0 Å². The second kappa shape index (κ2) is 6.09. The molecule has 2 aliphatic rings. The monoisotopic (exact) mass is 277 g/mol. The first-order chi connectivity index (χ1) is 9.83. The standard InChI is InChI=1S/C14H19N3O3/c18-14(16-7-9-19-10-8-16)17-6-3-13(11-17)20-12-1-4-15-5-2-12/h1-2,4-5,13H,3,6-11H2/t13-/m1/s1. The van der Waals surface area contributed by atoms with Crippen LogP contribution in [0, 0.1) is 0 Å². The lowest BCUT2D eigenvalue weighted by Crippen LogP contribution is -2.47. The number of amides is 2. The van der Waals surface area contributed by atoms with E-state index in [9.17, 15) is 4.79 Å². The van der Waals surface area contributed by atoms with E-state index in [0.29, 0.717) is 32.8 Å². The van der Waals surface area contributed by atoms with Gasteiger partial charge in [-0.1, -0.05) is 0 Å². The molecular weight excluding hydrogens is 258 g/mol. The Kier molecular flexibility index (Phi) is 4.01. The molecule has 0 bridgehead atoms. The Morgan fingerprint density at radius 1 is 1.20 bits per heavy atom. The number of nitrogens with zero attached hydrogens (tertiary/aromatic N) is 3. The highest BCUT2D eigenvalue weighted by Gasteiger charge is 2.31. The second-order valence-electron chi connectivity index (χ2n) is 5.04. The van der Waals surface area contributed by atoms with E-state index in [1.807, 2.05) is 21.9 Å². The largest absolute Gasteiger partial charge is 0.488 e. The van der Waals surface area contributed by atoms with Crippen LogP contribution in [-0.4, -0.2) is 66.3 Å². The van der Waals surface area contributed by atoms with E-state index in [4.69, 9.17) is 9.47 Å². The van der Waals surface area contributed by atoms with Crippen LogP contribution in [0.3, 0.4) is 0 Å². The zero-order valence-corrected chi connectivity index (χ0v) is 11.4. The Bertz CT molecular complexity index is 448. The van der Waals surface area contributed by atoms with Crippen LogP contribution >= 0.6 is 0 Å².